The Morgan fingerprint density at radius 3 is 2.37 bits per heavy atom. The molecule has 154 valence electrons. The van der Waals surface area contributed by atoms with Gasteiger partial charge in [-0.15, -0.1) is 0 Å². The standard InChI is InChI=1S/C21H35O5P/c1-13-15-6-5-14-16-7-8-19(26-27(23,24)25-4)21(16,3)11-9-17(14)20(15,2)12-10-18(13)22/h13-17,19H,5-12H2,1-4H3,(H,23,24). The summed E-state index contributed by atoms with van der Waals surface area (Å²) in [6, 6.07) is 0. The van der Waals surface area contributed by atoms with Gasteiger partial charge in [-0.1, -0.05) is 20.8 Å². The van der Waals surface area contributed by atoms with E-state index in [-0.39, 0.29) is 22.9 Å². The summed E-state index contributed by atoms with van der Waals surface area (Å²) < 4.78 is 22.3. The summed E-state index contributed by atoms with van der Waals surface area (Å²) in [5, 5.41) is 0. The first kappa shape index (κ1) is 20.1. The number of hydrogen-bond acceptors (Lipinski definition) is 4. The molecule has 4 rings (SSSR count). The van der Waals surface area contributed by atoms with Crippen LogP contribution in [0.4, 0.5) is 0 Å². The molecule has 0 saturated heterocycles. The average Bonchev–Trinajstić information content (AvgIpc) is 2.95. The zero-order valence-electron chi connectivity index (χ0n) is 17.1. The molecule has 4 saturated carbocycles. The summed E-state index contributed by atoms with van der Waals surface area (Å²) in [7, 11) is -2.72. The summed E-state index contributed by atoms with van der Waals surface area (Å²) in [6.45, 7) is 6.87. The minimum absolute atomic E-state index is 0.0443. The molecule has 1 N–H and O–H groups in total. The van der Waals surface area contributed by atoms with Gasteiger partial charge >= 0.3 is 7.82 Å². The van der Waals surface area contributed by atoms with Crippen molar-refractivity contribution >= 4 is 13.6 Å². The van der Waals surface area contributed by atoms with E-state index in [0.29, 0.717) is 29.5 Å². The van der Waals surface area contributed by atoms with Crippen LogP contribution in [-0.4, -0.2) is 23.9 Å². The van der Waals surface area contributed by atoms with E-state index >= 15 is 0 Å². The largest absolute Gasteiger partial charge is 0.472 e. The van der Waals surface area contributed by atoms with Crippen molar-refractivity contribution in [3.63, 3.8) is 0 Å². The number of Topliss-reactive ketones (excluding diaryl/α,β-unsaturated/α-hetero) is 1. The van der Waals surface area contributed by atoms with Gasteiger partial charge in [-0.2, -0.15) is 0 Å². The van der Waals surface area contributed by atoms with Gasteiger partial charge in [-0.25, -0.2) is 4.57 Å². The molecule has 0 aliphatic heterocycles. The Morgan fingerprint density at radius 2 is 1.67 bits per heavy atom. The summed E-state index contributed by atoms with van der Waals surface area (Å²) in [5.74, 6) is 3.07. The van der Waals surface area contributed by atoms with Crippen molar-refractivity contribution in [3.05, 3.63) is 0 Å². The number of rotatable bonds is 3. The molecule has 0 aromatic heterocycles. The lowest BCUT2D eigenvalue weighted by Crippen LogP contribution is -2.56. The number of phosphoric acid groups is 1. The molecule has 0 amide bonds. The number of fused-ring (bicyclic) bond motifs is 5. The quantitative estimate of drug-likeness (QED) is 0.679. The monoisotopic (exact) mass is 398 g/mol. The van der Waals surface area contributed by atoms with E-state index in [0.717, 1.165) is 44.9 Å². The van der Waals surface area contributed by atoms with Gasteiger partial charge in [0.15, 0.2) is 0 Å². The first-order valence-corrected chi connectivity index (χ1v) is 12.2. The first-order chi connectivity index (χ1) is 12.6. The number of carbonyl (C=O) groups excluding carboxylic acids is 1. The minimum atomic E-state index is -3.95. The van der Waals surface area contributed by atoms with Crippen LogP contribution in [-0.2, 0) is 18.4 Å². The highest BCUT2D eigenvalue weighted by atomic mass is 31.2. The second-order valence-electron chi connectivity index (χ2n) is 10.2. The Hall–Kier alpha value is -0.220. The van der Waals surface area contributed by atoms with Gasteiger partial charge in [-0.3, -0.25) is 13.8 Å². The van der Waals surface area contributed by atoms with Crippen LogP contribution in [0.3, 0.4) is 0 Å². The van der Waals surface area contributed by atoms with Gasteiger partial charge in [0, 0.05) is 19.4 Å². The van der Waals surface area contributed by atoms with Crippen LogP contribution in [0.15, 0.2) is 0 Å². The Morgan fingerprint density at radius 1 is 1.00 bits per heavy atom. The molecule has 4 aliphatic rings. The molecule has 0 aromatic carbocycles. The average molecular weight is 398 g/mol. The molecular weight excluding hydrogens is 363 g/mol. The zero-order chi connectivity index (χ0) is 19.6. The van der Waals surface area contributed by atoms with Gasteiger partial charge in [0.2, 0.25) is 0 Å². The SMILES string of the molecule is COP(=O)(O)OC1CCC2C3CCC4C(C)C(=O)CCC4(C)C3CCC12C. The van der Waals surface area contributed by atoms with E-state index in [1.165, 1.54) is 13.5 Å². The number of hydrogen-bond donors (Lipinski definition) is 1. The molecule has 9 atom stereocenters. The van der Waals surface area contributed by atoms with Crippen molar-refractivity contribution in [1.82, 2.24) is 0 Å². The van der Waals surface area contributed by atoms with E-state index in [4.69, 9.17) is 9.05 Å². The molecule has 5 nitrogen and oxygen atoms in total. The lowest BCUT2D eigenvalue weighted by molar-refractivity contribution is -0.151. The minimum Gasteiger partial charge on any atom is -0.302 e. The maximum absolute atomic E-state index is 12.3. The summed E-state index contributed by atoms with van der Waals surface area (Å²) in [4.78, 5) is 22.2. The van der Waals surface area contributed by atoms with Crippen molar-refractivity contribution < 1.29 is 23.3 Å². The smallest absolute Gasteiger partial charge is 0.302 e. The lowest BCUT2D eigenvalue weighted by Gasteiger charge is -2.61. The van der Waals surface area contributed by atoms with E-state index in [2.05, 4.69) is 20.8 Å². The fraction of sp³-hybridized carbons (Fsp3) is 0.952. The maximum Gasteiger partial charge on any atom is 0.472 e. The van der Waals surface area contributed by atoms with Crippen LogP contribution in [0.25, 0.3) is 0 Å². The van der Waals surface area contributed by atoms with Crippen LogP contribution in [0.1, 0.15) is 72.1 Å². The molecule has 0 aromatic rings. The molecule has 9 unspecified atom stereocenters. The Labute approximate surface area is 163 Å². The molecule has 0 spiro atoms. The predicted molar refractivity (Wildman–Crippen MR) is 103 cm³/mol. The molecule has 4 fully saturated rings. The van der Waals surface area contributed by atoms with E-state index in [1.807, 2.05) is 0 Å². The fourth-order valence-corrected chi connectivity index (χ4v) is 8.60. The van der Waals surface area contributed by atoms with Gasteiger partial charge in [0.25, 0.3) is 0 Å². The first-order valence-electron chi connectivity index (χ1n) is 10.7. The van der Waals surface area contributed by atoms with Crippen molar-refractivity contribution in [1.29, 1.82) is 0 Å². The molecule has 6 heteroatoms. The third-order valence-corrected chi connectivity index (χ3v) is 10.4. The fourth-order valence-electron chi connectivity index (χ4n) is 7.85. The van der Waals surface area contributed by atoms with Gasteiger partial charge in [-0.05, 0) is 79.4 Å². The number of ketones is 1. The summed E-state index contributed by atoms with van der Waals surface area (Å²) >= 11 is 0. The topological polar surface area (TPSA) is 72.8 Å². The van der Waals surface area contributed by atoms with Crippen molar-refractivity contribution in [3.8, 4) is 0 Å². The van der Waals surface area contributed by atoms with Crippen LogP contribution in [0.2, 0.25) is 0 Å². The highest BCUT2D eigenvalue weighted by Crippen LogP contribution is 2.68. The molecule has 27 heavy (non-hydrogen) atoms. The summed E-state index contributed by atoms with van der Waals surface area (Å²) in [6.07, 6.45) is 8.03. The molecule has 0 bridgehead atoms. The van der Waals surface area contributed by atoms with Crippen LogP contribution in [0.5, 0.6) is 0 Å². The van der Waals surface area contributed by atoms with Crippen molar-refractivity contribution in [2.45, 2.75) is 78.2 Å². The van der Waals surface area contributed by atoms with Crippen LogP contribution in [0, 0.1) is 40.4 Å². The number of carbonyl (C=O) groups is 1. The van der Waals surface area contributed by atoms with Crippen LogP contribution < -0.4 is 0 Å². The second-order valence-corrected chi connectivity index (χ2v) is 11.7. The van der Waals surface area contributed by atoms with E-state index in [9.17, 15) is 14.3 Å². The number of phosphoric ester groups is 1. The van der Waals surface area contributed by atoms with Crippen molar-refractivity contribution in [2.24, 2.45) is 40.4 Å². The maximum atomic E-state index is 12.3. The third-order valence-electron chi connectivity index (χ3n) is 9.37. The highest BCUT2D eigenvalue weighted by molar-refractivity contribution is 7.47. The molecule has 4 aliphatic carbocycles. The summed E-state index contributed by atoms with van der Waals surface area (Å²) in [5.41, 5.74) is 0.229. The highest BCUT2D eigenvalue weighted by Gasteiger charge is 2.62. The second kappa shape index (κ2) is 6.65. The zero-order valence-corrected chi connectivity index (χ0v) is 18.0. The predicted octanol–water partition coefficient (Wildman–Crippen LogP) is 4.98. The van der Waals surface area contributed by atoms with Gasteiger partial charge < -0.3 is 4.89 Å². The van der Waals surface area contributed by atoms with E-state index in [1.54, 1.807) is 0 Å². The Balaban J connectivity index is 1.58. The Kier molecular flexibility index (Phi) is 4.94. The van der Waals surface area contributed by atoms with Crippen LogP contribution >= 0.6 is 7.82 Å². The molecule has 0 radical (unpaired) electrons. The molecular formula is C21H35O5P. The van der Waals surface area contributed by atoms with Gasteiger partial charge in [0.1, 0.15) is 5.78 Å². The lowest BCUT2D eigenvalue weighted by atomic mass is 9.44. The van der Waals surface area contributed by atoms with E-state index < -0.39 is 7.82 Å². The molecule has 0 heterocycles. The Bertz CT molecular complexity index is 665. The van der Waals surface area contributed by atoms with Gasteiger partial charge in [0.05, 0.1) is 6.10 Å². The van der Waals surface area contributed by atoms with Crippen molar-refractivity contribution in [2.75, 3.05) is 7.11 Å². The normalized spacial score (nSPS) is 51.8. The third kappa shape index (κ3) is 2.99.